The molecule has 75 heavy (non-hydrogen) atoms. The molecular weight excluding hydrogens is 913 g/mol. The van der Waals surface area contributed by atoms with E-state index in [1.165, 1.54) is 18.2 Å². The van der Waals surface area contributed by atoms with Crippen LogP contribution in [0.25, 0.3) is 106 Å². The van der Waals surface area contributed by atoms with E-state index in [1.54, 1.807) is 24.3 Å². The lowest BCUT2D eigenvalue weighted by Crippen LogP contribution is -2.32. The molecule has 5 heteroatoms. The van der Waals surface area contributed by atoms with Gasteiger partial charge in [0.1, 0.15) is 17.3 Å². The molecule has 0 spiro atoms. The summed E-state index contributed by atoms with van der Waals surface area (Å²) >= 11 is 0. The van der Waals surface area contributed by atoms with Gasteiger partial charge in [-0.1, -0.05) is 181 Å². The summed E-state index contributed by atoms with van der Waals surface area (Å²) in [5.74, 6) is 1.89. The van der Waals surface area contributed by atoms with Crippen molar-refractivity contribution < 1.29 is 24.4 Å². The number of benzene rings is 9. The van der Waals surface area contributed by atoms with Crippen LogP contribution in [0.3, 0.4) is 0 Å². The van der Waals surface area contributed by atoms with Gasteiger partial charge >= 0.3 is 0 Å². The van der Waals surface area contributed by atoms with Crippen LogP contribution in [0.15, 0.2) is 206 Å². The van der Waals surface area contributed by atoms with Crippen LogP contribution in [0, 0.1) is 20.0 Å². The Balaban J connectivity index is 1.12. The maximum absolute atomic E-state index is 9.40. The van der Waals surface area contributed by atoms with Gasteiger partial charge in [-0.2, -0.15) is 0 Å². The topological polar surface area (TPSA) is 35.9 Å². The Morgan fingerprint density at radius 2 is 1.16 bits per heavy atom. The number of hydrogen-bond donors (Lipinski definition) is 0. The highest BCUT2D eigenvalue weighted by molar-refractivity contribution is 6.10. The Morgan fingerprint density at radius 1 is 0.520 bits per heavy atom. The van der Waals surface area contributed by atoms with Crippen LogP contribution in [0.4, 0.5) is 0 Å². The van der Waals surface area contributed by atoms with Crippen molar-refractivity contribution in [2.24, 2.45) is 0 Å². The Morgan fingerprint density at radius 3 is 1.92 bits per heavy atom. The second kappa shape index (κ2) is 17.4. The van der Waals surface area contributed by atoms with Gasteiger partial charge in [0.15, 0.2) is 0 Å². The number of rotatable bonds is 6. The van der Waals surface area contributed by atoms with Gasteiger partial charge in [0.2, 0.25) is 0 Å². The number of hydrogen-bond acceptors (Lipinski definition) is 2. The van der Waals surface area contributed by atoms with E-state index in [0.717, 1.165) is 55.4 Å². The zero-order chi connectivity index (χ0) is 60.7. The van der Waals surface area contributed by atoms with E-state index in [4.69, 9.17) is 22.1 Å². The molecule has 0 radical (unpaired) electrons. The first-order valence-corrected chi connectivity index (χ1v) is 25.2. The molecular formula is C70H58N4O. The molecule has 0 saturated carbocycles. The Kier molecular flexibility index (Phi) is 8.22. The first-order valence-electron chi connectivity index (χ1n) is 30.7. The highest BCUT2D eigenvalue weighted by Gasteiger charge is 2.30. The van der Waals surface area contributed by atoms with Gasteiger partial charge in [0.05, 0.1) is 40.3 Å². The number of ether oxygens (including phenoxy) is 1. The summed E-state index contributed by atoms with van der Waals surface area (Å²) < 4.78 is 112. The number of fused-ring (bicyclic) bond motifs is 10. The van der Waals surface area contributed by atoms with Gasteiger partial charge < -0.3 is 4.74 Å². The second-order valence-electron chi connectivity index (χ2n) is 21.4. The highest BCUT2D eigenvalue weighted by atomic mass is 16.5. The summed E-state index contributed by atoms with van der Waals surface area (Å²) in [7, 11) is 0. The van der Waals surface area contributed by atoms with E-state index >= 15 is 0 Å². The van der Waals surface area contributed by atoms with Crippen molar-refractivity contribution in [3.8, 4) is 84.3 Å². The SMILES string of the molecule is [2H]c1c([2H])c([2H])c(-c2cccc3c2-c2cccc(-c4c(C([2H])([2H])[2H])cccc4C([2H])([2H])[2H])c2-[n+]2[c-]n(-c4cccc(Oc5ccc6c7ccccc7n(-c7cc(C(C)(C)C)ccn7)c6c5)c4)c4cc(C(C)(C)C)cc(c42)-c2ccccc2-3)c([2H])c1[2H]. The first-order chi connectivity index (χ1) is 40.8. The van der Waals surface area contributed by atoms with E-state index in [2.05, 4.69) is 94.9 Å². The maximum atomic E-state index is 9.40. The van der Waals surface area contributed by atoms with E-state index in [-0.39, 0.29) is 33.2 Å². The molecule has 0 bridgehead atoms. The minimum absolute atomic E-state index is 0.0123. The molecule has 1 aliphatic rings. The number of aryl methyl sites for hydroxylation is 2. The van der Waals surface area contributed by atoms with Gasteiger partial charge in [-0.15, -0.1) is 0 Å². The number of pyridine rings is 1. The van der Waals surface area contributed by atoms with E-state index in [9.17, 15) is 2.74 Å². The second-order valence-corrected chi connectivity index (χ2v) is 21.4. The molecule has 9 aromatic carbocycles. The van der Waals surface area contributed by atoms with E-state index in [0.29, 0.717) is 56.2 Å². The summed E-state index contributed by atoms with van der Waals surface area (Å²) in [4.78, 5) is 4.89. The van der Waals surface area contributed by atoms with Crippen LogP contribution >= 0.6 is 0 Å². The summed E-state index contributed by atoms with van der Waals surface area (Å²) in [6, 6.07) is 51.3. The number of aromatic nitrogens is 4. The molecule has 1 aliphatic heterocycles. The van der Waals surface area contributed by atoms with Crippen molar-refractivity contribution >= 4 is 32.8 Å². The van der Waals surface area contributed by atoms with Gasteiger partial charge in [-0.05, 0) is 157 Å². The standard InChI is InChI=1S/C70H58N4O/c1-44-20-16-21-45(2)65(44)58-31-19-32-59-66-52(46-22-10-9-11-23-46)29-18-30-57(66)53-26-12-13-27-54(53)60-38-48(70(6,7)8)39-63-68(60)73(67(58)59)43-72(63)49-24-17-25-50(41-49)75-51-34-35-56-55-28-14-15-33-61(55)74(62(56)42-51)64-40-47(36-37-71-64)69(3,4)5/h9-42H,1-8H3/i1D3,2D3,9D,10D,11D,22D,23D. The summed E-state index contributed by atoms with van der Waals surface area (Å²) in [6.07, 6.45) is 5.63. The van der Waals surface area contributed by atoms with Gasteiger partial charge in [-0.25, -0.2) is 4.98 Å². The number of para-hydroxylation sites is 2. The van der Waals surface area contributed by atoms with Crippen molar-refractivity contribution in [1.29, 1.82) is 0 Å². The molecule has 0 fully saturated rings. The summed E-state index contributed by atoms with van der Waals surface area (Å²) in [5.41, 5.74) is 9.91. The van der Waals surface area contributed by atoms with Crippen molar-refractivity contribution in [3.05, 3.63) is 235 Å². The lowest BCUT2D eigenvalue weighted by molar-refractivity contribution is -0.570. The van der Waals surface area contributed by atoms with E-state index < -0.39 is 49.3 Å². The fourth-order valence-corrected chi connectivity index (χ4v) is 11.0. The minimum atomic E-state index is -2.80. The number of nitrogens with zero attached hydrogens (tertiary/aromatic N) is 4. The third-order valence-electron chi connectivity index (χ3n) is 14.6. The molecule has 4 heterocycles. The Labute approximate surface area is 455 Å². The van der Waals surface area contributed by atoms with Crippen LogP contribution in [0.2, 0.25) is 0 Å². The van der Waals surface area contributed by atoms with Gasteiger partial charge in [0.25, 0.3) is 6.33 Å². The molecule has 0 aliphatic carbocycles. The minimum Gasteiger partial charge on any atom is -0.458 e. The predicted molar refractivity (Wildman–Crippen MR) is 310 cm³/mol. The highest BCUT2D eigenvalue weighted by Crippen LogP contribution is 2.50. The molecule has 12 aromatic rings. The van der Waals surface area contributed by atoms with Gasteiger partial charge in [-0.3, -0.25) is 13.7 Å². The fraction of sp³-hybridized carbons (Fsp3) is 0.143. The average molecular weight is 982 g/mol. The van der Waals surface area contributed by atoms with Crippen molar-refractivity contribution in [1.82, 2.24) is 14.1 Å². The molecule has 0 saturated heterocycles. The zero-order valence-electron chi connectivity index (χ0n) is 53.4. The molecule has 0 N–H and O–H groups in total. The molecule has 364 valence electrons. The van der Waals surface area contributed by atoms with Crippen LogP contribution < -0.4 is 9.30 Å². The maximum Gasteiger partial charge on any atom is 0.269 e. The molecule has 0 unspecified atom stereocenters. The van der Waals surface area contributed by atoms with Crippen molar-refractivity contribution in [2.75, 3.05) is 0 Å². The smallest absolute Gasteiger partial charge is 0.269 e. The Hall–Kier alpha value is -8.80. The average Bonchev–Trinajstić information content (AvgIpc) is 1.52. The number of imidazole rings is 1. The van der Waals surface area contributed by atoms with Crippen molar-refractivity contribution in [3.63, 3.8) is 0 Å². The first kappa shape index (κ1) is 35.4. The largest absolute Gasteiger partial charge is 0.458 e. The quantitative estimate of drug-likeness (QED) is 0.123. The third kappa shape index (κ3) is 7.68. The monoisotopic (exact) mass is 982 g/mol. The lowest BCUT2D eigenvalue weighted by Gasteiger charge is -2.23. The predicted octanol–water partition coefficient (Wildman–Crippen LogP) is 17.9. The normalized spacial score (nSPS) is 14.7. The van der Waals surface area contributed by atoms with Crippen molar-refractivity contribution in [2.45, 2.75) is 66.1 Å². The van der Waals surface area contributed by atoms with Crippen LogP contribution in [-0.2, 0) is 10.8 Å². The van der Waals surface area contributed by atoms with E-state index in [1.807, 2.05) is 100 Å². The molecule has 13 rings (SSSR count). The van der Waals surface area contributed by atoms with Crippen LogP contribution in [0.5, 0.6) is 11.5 Å². The third-order valence-corrected chi connectivity index (χ3v) is 14.6. The fourth-order valence-electron chi connectivity index (χ4n) is 11.0. The van der Waals surface area contributed by atoms with Crippen LogP contribution in [-0.4, -0.2) is 14.1 Å². The lowest BCUT2D eigenvalue weighted by atomic mass is 9.82. The molecule has 0 atom stereocenters. The van der Waals surface area contributed by atoms with Gasteiger partial charge in [0, 0.05) is 31.3 Å². The summed E-state index contributed by atoms with van der Waals surface area (Å²) in [6.45, 7) is 7.40. The zero-order valence-corrected chi connectivity index (χ0v) is 42.4. The molecule has 3 aromatic heterocycles. The van der Waals surface area contributed by atoms with Crippen LogP contribution in [0.1, 0.15) is 78.9 Å². The molecule has 5 nitrogen and oxygen atoms in total. The summed E-state index contributed by atoms with van der Waals surface area (Å²) in [5, 5.41) is 2.12. The Bertz CT molecular complexity index is 4740. The molecule has 0 amide bonds.